The lowest BCUT2D eigenvalue weighted by atomic mass is 10.0. The van der Waals surface area contributed by atoms with Gasteiger partial charge in [-0.15, -0.1) is 0 Å². The highest BCUT2D eigenvalue weighted by molar-refractivity contribution is 5.71. The maximum Gasteiger partial charge on any atom is 0.306 e. The average Bonchev–Trinajstić information content (AvgIpc) is 3.18. The van der Waals surface area contributed by atoms with Crippen molar-refractivity contribution in [1.82, 2.24) is 0 Å². The molecule has 0 unspecified atom stereocenters. The zero-order chi connectivity index (χ0) is 41.9. The number of ether oxygens (including phenoxy) is 3. The van der Waals surface area contributed by atoms with Crippen LogP contribution in [-0.2, 0) is 28.6 Å². The van der Waals surface area contributed by atoms with Crippen LogP contribution >= 0.6 is 0 Å². The van der Waals surface area contributed by atoms with Gasteiger partial charge in [-0.25, -0.2) is 0 Å². The van der Waals surface area contributed by atoms with E-state index in [-0.39, 0.29) is 31.1 Å². The van der Waals surface area contributed by atoms with Crippen LogP contribution in [0.5, 0.6) is 0 Å². The Hall–Kier alpha value is -1.59. The first-order chi connectivity index (χ1) is 27.7. The van der Waals surface area contributed by atoms with Crippen LogP contribution in [0.2, 0.25) is 0 Å². The molecule has 0 saturated heterocycles. The third kappa shape index (κ3) is 45.3. The lowest BCUT2D eigenvalue weighted by Crippen LogP contribution is -2.30. The number of esters is 3. The van der Waals surface area contributed by atoms with Gasteiger partial charge in [0.15, 0.2) is 6.10 Å². The maximum absolute atomic E-state index is 12.7. The molecule has 0 aliphatic rings. The predicted molar refractivity (Wildman–Crippen MR) is 243 cm³/mol. The molecule has 0 radical (unpaired) electrons. The van der Waals surface area contributed by atoms with Crippen molar-refractivity contribution in [3.05, 3.63) is 0 Å². The highest BCUT2D eigenvalue weighted by Crippen LogP contribution is 2.17. The topological polar surface area (TPSA) is 78.9 Å². The van der Waals surface area contributed by atoms with Gasteiger partial charge in [-0.2, -0.15) is 0 Å². The van der Waals surface area contributed by atoms with Gasteiger partial charge in [0.25, 0.3) is 0 Å². The molecule has 6 heteroatoms. The standard InChI is InChI=1S/C51H98O6/c1-6-7-8-9-10-11-17-21-26-31-36-41-49(52)55-44-48(57-51(54)43-38-33-28-23-25-30-35-40-47(4)5)45-56-50(53)42-37-32-27-22-19-16-14-12-13-15-18-20-24-29-34-39-46(2)3/h46-48H,6-45H2,1-5H3/t48-/m0/s1. The molecule has 0 aromatic rings. The summed E-state index contributed by atoms with van der Waals surface area (Å²) in [5.74, 6) is 0.773. The first-order valence-electron chi connectivity index (χ1n) is 25.2. The van der Waals surface area contributed by atoms with Crippen molar-refractivity contribution in [2.45, 2.75) is 285 Å². The maximum atomic E-state index is 12.7. The Morgan fingerprint density at radius 2 is 0.579 bits per heavy atom. The van der Waals surface area contributed by atoms with E-state index in [1.165, 1.54) is 167 Å². The van der Waals surface area contributed by atoms with Crippen molar-refractivity contribution in [3.8, 4) is 0 Å². The number of carbonyl (C=O) groups is 3. The Balaban J connectivity index is 4.24. The molecule has 0 aliphatic carbocycles. The van der Waals surface area contributed by atoms with Crippen LogP contribution in [0.3, 0.4) is 0 Å². The second-order valence-electron chi connectivity index (χ2n) is 18.4. The summed E-state index contributed by atoms with van der Waals surface area (Å²) in [7, 11) is 0. The molecule has 0 spiro atoms. The van der Waals surface area contributed by atoms with Crippen LogP contribution in [-0.4, -0.2) is 37.2 Å². The molecule has 0 saturated carbocycles. The van der Waals surface area contributed by atoms with Gasteiger partial charge in [-0.1, -0.05) is 240 Å². The summed E-state index contributed by atoms with van der Waals surface area (Å²) in [6.45, 7) is 11.3. The van der Waals surface area contributed by atoms with Crippen molar-refractivity contribution in [2.75, 3.05) is 13.2 Å². The molecule has 0 amide bonds. The Morgan fingerprint density at radius 3 is 0.860 bits per heavy atom. The van der Waals surface area contributed by atoms with Gasteiger partial charge in [-0.05, 0) is 31.1 Å². The molecule has 338 valence electrons. The van der Waals surface area contributed by atoms with E-state index in [0.29, 0.717) is 19.3 Å². The molecule has 0 fully saturated rings. The third-order valence-electron chi connectivity index (χ3n) is 11.5. The van der Waals surface area contributed by atoms with Gasteiger partial charge in [-0.3, -0.25) is 14.4 Å². The number of hydrogen-bond acceptors (Lipinski definition) is 6. The molecule has 6 nitrogen and oxygen atoms in total. The Kier molecular flexibility index (Phi) is 42.7. The molecule has 1 atom stereocenters. The second-order valence-corrected chi connectivity index (χ2v) is 18.4. The molecular weight excluding hydrogens is 709 g/mol. The number of rotatable bonds is 45. The van der Waals surface area contributed by atoms with Crippen LogP contribution in [0.1, 0.15) is 279 Å². The van der Waals surface area contributed by atoms with Crippen molar-refractivity contribution in [1.29, 1.82) is 0 Å². The average molecular weight is 807 g/mol. The Labute approximate surface area is 355 Å². The largest absolute Gasteiger partial charge is 0.462 e. The zero-order valence-corrected chi connectivity index (χ0v) is 39.0. The zero-order valence-electron chi connectivity index (χ0n) is 39.0. The van der Waals surface area contributed by atoms with Crippen molar-refractivity contribution >= 4 is 17.9 Å². The molecule has 0 bridgehead atoms. The van der Waals surface area contributed by atoms with E-state index in [1.54, 1.807) is 0 Å². The molecule has 0 N–H and O–H groups in total. The van der Waals surface area contributed by atoms with E-state index < -0.39 is 6.10 Å². The van der Waals surface area contributed by atoms with Crippen molar-refractivity contribution < 1.29 is 28.6 Å². The van der Waals surface area contributed by atoms with E-state index in [9.17, 15) is 14.4 Å². The van der Waals surface area contributed by atoms with Gasteiger partial charge < -0.3 is 14.2 Å². The Bertz CT molecular complexity index is 870. The summed E-state index contributed by atoms with van der Waals surface area (Å²) in [5, 5.41) is 0. The minimum Gasteiger partial charge on any atom is -0.462 e. The third-order valence-corrected chi connectivity index (χ3v) is 11.5. The molecule has 0 aromatic heterocycles. The summed E-state index contributed by atoms with van der Waals surface area (Å²) < 4.78 is 16.8. The van der Waals surface area contributed by atoms with Gasteiger partial charge >= 0.3 is 17.9 Å². The predicted octanol–water partition coefficient (Wildman–Crippen LogP) is 16.1. The number of carbonyl (C=O) groups excluding carboxylic acids is 3. The van der Waals surface area contributed by atoms with Crippen LogP contribution in [0, 0.1) is 11.8 Å². The molecular formula is C51H98O6. The first kappa shape index (κ1) is 55.4. The quantitative estimate of drug-likeness (QED) is 0.0346. The van der Waals surface area contributed by atoms with E-state index >= 15 is 0 Å². The van der Waals surface area contributed by atoms with Crippen LogP contribution < -0.4 is 0 Å². The summed E-state index contributed by atoms with van der Waals surface area (Å²) in [5.41, 5.74) is 0. The monoisotopic (exact) mass is 807 g/mol. The summed E-state index contributed by atoms with van der Waals surface area (Å²) in [6.07, 6.45) is 43.8. The van der Waals surface area contributed by atoms with Crippen LogP contribution in [0.4, 0.5) is 0 Å². The summed E-state index contributed by atoms with van der Waals surface area (Å²) in [6, 6.07) is 0. The van der Waals surface area contributed by atoms with E-state index in [1.807, 2.05) is 0 Å². The van der Waals surface area contributed by atoms with Crippen LogP contribution in [0.15, 0.2) is 0 Å². The van der Waals surface area contributed by atoms with Crippen LogP contribution in [0.25, 0.3) is 0 Å². The highest BCUT2D eigenvalue weighted by Gasteiger charge is 2.19. The lowest BCUT2D eigenvalue weighted by Gasteiger charge is -2.18. The van der Waals surface area contributed by atoms with E-state index in [4.69, 9.17) is 14.2 Å². The van der Waals surface area contributed by atoms with Crippen molar-refractivity contribution in [2.24, 2.45) is 11.8 Å². The minimum atomic E-state index is -0.761. The van der Waals surface area contributed by atoms with Crippen molar-refractivity contribution in [3.63, 3.8) is 0 Å². The fourth-order valence-electron chi connectivity index (χ4n) is 7.64. The summed E-state index contributed by atoms with van der Waals surface area (Å²) in [4.78, 5) is 37.8. The van der Waals surface area contributed by atoms with Gasteiger partial charge in [0.1, 0.15) is 13.2 Å². The summed E-state index contributed by atoms with van der Waals surface area (Å²) >= 11 is 0. The van der Waals surface area contributed by atoms with Gasteiger partial charge in [0, 0.05) is 19.3 Å². The normalized spacial score (nSPS) is 12.1. The molecule has 0 heterocycles. The SMILES string of the molecule is CCCCCCCCCCCCCC(=O)OC[C@@H](COC(=O)CCCCCCCCCCCCCCCCCC(C)C)OC(=O)CCCCCCCCCC(C)C. The number of unbranched alkanes of at least 4 members (excludes halogenated alkanes) is 30. The molecule has 0 aromatic carbocycles. The van der Waals surface area contributed by atoms with Gasteiger partial charge in [0.05, 0.1) is 0 Å². The van der Waals surface area contributed by atoms with E-state index in [2.05, 4.69) is 34.6 Å². The number of hydrogen-bond donors (Lipinski definition) is 0. The fraction of sp³-hybridized carbons (Fsp3) is 0.941. The van der Waals surface area contributed by atoms with Gasteiger partial charge in [0.2, 0.25) is 0 Å². The molecule has 57 heavy (non-hydrogen) atoms. The minimum absolute atomic E-state index is 0.0645. The highest BCUT2D eigenvalue weighted by atomic mass is 16.6. The fourth-order valence-corrected chi connectivity index (χ4v) is 7.64. The smallest absolute Gasteiger partial charge is 0.306 e. The Morgan fingerprint density at radius 1 is 0.333 bits per heavy atom. The molecule has 0 aliphatic heterocycles. The molecule has 0 rings (SSSR count). The first-order valence-corrected chi connectivity index (χ1v) is 25.2. The van der Waals surface area contributed by atoms with E-state index in [0.717, 1.165) is 69.6 Å². The second kappa shape index (κ2) is 44.0. The lowest BCUT2D eigenvalue weighted by molar-refractivity contribution is -0.167.